The Morgan fingerprint density at radius 1 is 1.67 bits per heavy atom. The Kier molecular flexibility index (Phi) is 4.29. The number of β-amino-alcohol motifs (C(OH)–C–C–N with tert-alkyl or cyclic N) is 1. The number of aliphatic hydroxyl groups is 1. The lowest BCUT2D eigenvalue weighted by Gasteiger charge is -2.16. The van der Waals surface area contributed by atoms with Crippen LogP contribution >= 0.6 is 0 Å². The number of ether oxygens (including phenoxy) is 1. The van der Waals surface area contributed by atoms with Crippen LogP contribution in [0.5, 0.6) is 0 Å². The summed E-state index contributed by atoms with van der Waals surface area (Å²) in [5.74, 6) is -0.302. The number of hydrogen-bond donors (Lipinski definition) is 1. The lowest BCUT2D eigenvalue weighted by atomic mass is 10.1. The number of likely N-dealkylation sites (tertiary alicyclic amines) is 1. The molecule has 1 heterocycles. The van der Waals surface area contributed by atoms with Gasteiger partial charge in [0.1, 0.15) is 0 Å². The predicted molar refractivity (Wildman–Crippen MR) is 57.5 cm³/mol. The Hall–Kier alpha value is -0.870. The maximum atomic E-state index is 11.0. The summed E-state index contributed by atoms with van der Waals surface area (Å²) >= 11 is 0. The van der Waals surface area contributed by atoms with Crippen molar-refractivity contribution in [2.24, 2.45) is 0 Å². The summed E-state index contributed by atoms with van der Waals surface area (Å²) in [4.78, 5) is 13.1. The van der Waals surface area contributed by atoms with E-state index < -0.39 is 5.60 Å². The fourth-order valence-electron chi connectivity index (χ4n) is 1.68. The van der Waals surface area contributed by atoms with Crippen molar-refractivity contribution in [1.82, 2.24) is 4.90 Å². The second-order valence-corrected chi connectivity index (χ2v) is 4.14. The number of nitrogens with zero attached hydrogens (tertiary/aromatic N) is 1. The van der Waals surface area contributed by atoms with Crippen LogP contribution in [0.1, 0.15) is 20.3 Å². The molecule has 0 spiro atoms. The van der Waals surface area contributed by atoms with Gasteiger partial charge in [0.25, 0.3) is 0 Å². The fraction of sp³-hybridized carbons (Fsp3) is 0.727. The molecule has 0 aromatic carbocycles. The third-order valence-corrected chi connectivity index (χ3v) is 2.43. The minimum absolute atomic E-state index is 0.302. The van der Waals surface area contributed by atoms with Crippen molar-refractivity contribution in [3.63, 3.8) is 0 Å². The molecule has 0 radical (unpaired) electrons. The zero-order chi connectivity index (χ0) is 11.3. The zero-order valence-corrected chi connectivity index (χ0v) is 9.40. The highest BCUT2D eigenvalue weighted by Crippen LogP contribution is 2.19. The van der Waals surface area contributed by atoms with Gasteiger partial charge in [0.15, 0.2) is 0 Å². The number of hydrogen-bond acceptors (Lipinski definition) is 4. The average Bonchev–Trinajstić information content (AvgIpc) is 2.46. The van der Waals surface area contributed by atoms with E-state index in [1.807, 2.05) is 6.92 Å². The molecule has 0 saturated carbocycles. The summed E-state index contributed by atoms with van der Waals surface area (Å²) in [6.07, 6.45) is 4.01. The van der Waals surface area contributed by atoms with E-state index >= 15 is 0 Å². The van der Waals surface area contributed by atoms with Gasteiger partial charge in [-0.1, -0.05) is 6.08 Å². The summed E-state index contributed by atoms with van der Waals surface area (Å²) in [6, 6.07) is 0. The molecule has 1 saturated heterocycles. The fourth-order valence-corrected chi connectivity index (χ4v) is 1.68. The SMILES string of the molecule is CCOC(=O)/C=C/CN1CCC(C)(O)C1. The van der Waals surface area contributed by atoms with Gasteiger partial charge in [-0.05, 0) is 20.3 Å². The van der Waals surface area contributed by atoms with Gasteiger partial charge in [-0.3, -0.25) is 4.90 Å². The molecule has 4 heteroatoms. The summed E-state index contributed by atoms with van der Waals surface area (Å²) in [5, 5.41) is 9.70. The molecule has 15 heavy (non-hydrogen) atoms. The topological polar surface area (TPSA) is 49.8 Å². The molecule has 1 rings (SSSR count). The van der Waals surface area contributed by atoms with Crippen LogP contribution in [0, 0.1) is 0 Å². The third-order valence-electron chi connectivity index (χ3n) is 2.43. The Morgan fingerprint density at radius 3 is 2.93 bits per heavy atom. The maximum Gasteiger partial charge on any atom is 0.330 e. The molecule has 1 fully saturated rings. The van der Waals surface area contributed by atoms with E-state index in [9.17, 15) is 9.90 Å². The molecular weight excluding hydrogens is 194 g/mol. The molecule has 86 valence electrons. The second kappa shape index (κ2) is 5.28. The average molecular weight is 213 g/mol. The molecule has 1 aliphatic rings. The molecule has 0 bridgehead atoms. The summed E-state index contributed by atoms with van der Waals surface area (Å²) in [5.41, 5.74) is -0.572. The van der Waals surface area contributed by atoms with Crippen molar-refractivity contribution in [2.45, 2.75) is 25.9 Å². The largest absolute Gasteiger partial charge is 0.463 e. The molecule has 0 aliphatic carbocycles. The first-order valence-corrected chi connectivity index (χ1v) is 5.31. The zero-order valence-electron chi connectivity index (χ0n) is 9.40. The smallest absolute Gasteiger partial charge is 0.330 e. The molecule has 1 unspecified atom stereocenters. The van der Waals surface area contributed by atoms with E-state index in [-0.39, 0.29) is 5.97 Å². The van der Waals surface area contributed by atoms with Gasteiger partial charge in [0.05, 0.1) is 12.2 Å². The Balaban J connectivity index is 2.24. The van der Waals surface area contributed by atoms with Crippen LogP contribution in [-0.2, 0) is 9.53 Å². The summed E-state index contributed by atoms with van der Waals surface area (Å²) in [6.45, 7) is 6.25. The first-order chi connectivity index (χ1) is 7.03. The molecule has 0 amide bonds. The molecule has 4 nitrogen and oxygen atoms in total. The highest BCUT2D eigenvalue weighted by atomic mass is 16.5. The number of rotatable bonds is 4. The van der Waals surface area contributed by atoms with Crippen molar-refractivity contribution < 1.29 is 14.6 Å². The summed E-state index contributed by atoms with van der Waals surface area (Å²) in [7, 11) is 0. The van der Waals surface area contributed by atoms with Crippen molar-refractivity contribution in [1.29, 1.82) is 0 Å². The minimum Gasteiger partial charge on any atom is -0.463 e. The van der Waals surface area contributed by atoms with Gasteiger partial charge >= 0.3 is 5.97 Å². The van der Waals surface area contributed by atoms with E-state index in [0.29, 0.717) is 19.7 Å². The van der Waals surface area contributed by atoms with E-state index in [2.05, 4.69) is 4.90 Å². The lowest BCUT2D eigenvalue weighted by molar-refractivity contribution is -0.137. The van der Waals surface area contributed by atoms with Crippen LogP contribution in [-0.4, -0.2) is 47.8 Å². The first-order valence-electron chi connectivity index (χ1n) is 5.31. The first kappa shape index (κ1) is 12.2. The van der Waals surface area contributed by atoms with E-state index in [1.165, 1.54) is 6.08 Å². The third kappa shape index (κ3) is 4.44. The van der Waals surface area contributed by atoms with Gasteiger partial charge in [0.2, 0.25) is 0 Å². The summed E-state index contributed by atoms with van der Waals surface area (Å²) < 4.78 is 4.75. The van der Waals surface area contributed by atoms with Gasteiger partial charge in [-0.15, -0.1) is 0 Å². The van der Waals surface area contributed by atoms with E-state index in [0.717, 1.165) is 13.0 Å². The molecule has 1 N–H and O–H groups in total. The van der Waals surface area contributed by atoms with Gasteiger partial charge in [0, 0.05) is 25.7 Å². The lowest BCUT2D eigenvalue weighted by Crippen LogP contribution is -2.29. The Labute approximate surface area is 90.5 Å². The highest BCUT2D eigenvalue weighted by molar-refractivity contribution is 5.81. The standard InChI is InChI=1S/C11H19NO3/c1-3-15-10(13)5-4-7-12-8-6-11(2,14)9-12/h4-5,14H,3,6-9H2,1-2H3/b5-4+. The van der Waals surface area contributed by atoms with Gasteiger partial charge in [-0.25, -0.2) is 4.79 Å². The van der Waals surface area contributed by atoms with Crippen LogP contribution in [0.15, 0.2) is 12.2 Å². The molecule has 1 aliphatic heterocycles. The quantitative estimate of drug-likeness (QED) is 0.547. The second-order valence-electron chi connectivity index (χ2n) is 4.14. The van der Waals surface area contributed by atoms with E-state index in [4.69, 9.17) is 4.74 Å². The predicted octanol–water partition coefficient (Wildman–Crippen LogP) is 0.562. The van der Waals surface area contributed by atoms with Crippen LogP contribution in [0.2, 0.25) is 0 Å². The number of carbonyl (C=O) groups excluding carboxylic acids is 1. The monoisotopic (exact) mass is 213 g/mol. The van der Waals surface area contributed by atoms with Crippen molar-refractivity contribution in [3.8, 4) is 0 Å². The highest BCUT2D eigenvalue weighted by Gasteiger charge is 2.30. The normalized spacial score (nSPS) is 27.4. The van der Waals surface area contributed by atoms with Crippen LogP contribution in [0.3, 0.4) is 0 Å². The Bertz CT molecular complexity index is 248. The van der Waals surface area contributed by atoms with Crippen molar-refractivity contribution in [2.75, 3.05) is 26.2 Å². The van der Waals surface area contributed by atoms with Crippen LogP contribution in [0.4, 0.5) is 0 Å². The van der Waals surface area contributed by atoms with Crippen molar-refractivity contribution >= 4 is 5.97 Å². The van der Waals surface area contributed by atoms with Gasteiger partial charge < -0.3 is 9.84 Å². The molecule has 0 aromatic heterocycles. The molecule has 0 aromatic rings. The van der Waals surface area contributed by atoms with Crippen LogP contribution < -0.4 is 0 Å². The number of carbonyl (C=O) groups is 1. The van der Waals surface area contributed by atoms with Crippen molar-refractivity contribution in [3.05, 3.63) is 12.2 Å². The van der Waals surface area contributed by atoms with Crippen LogP contribution in [0.25, 0.3) is 0 Å². The molecular formula is C11H19NO3. The van der Waals surface area contributed by atoms with Gasteiger partial charge in [-0.2, -0.15) is 0 Å². The number of esters is 1. The maximum absolute atomic E-state index is 11.0. The Morgan fingerprint density at radius 2 is 2.40 bits per heavy atom. The minimum atomic E-state index is -0.572. The molecule has 1 atom stereocenters. The van der Waals surface area contributed by atoms with E-state index in [1.54, 1.807) is 13.0 Å².